The van der Waals surface area contributed by atoms with Gasteiger partial charge in [-0.2, -0.15) is 0 Å². The van der Waals surface area contributed by atoms with Crippen LogP contribution in [0, 0.1) is 0 Å². The average Bonchev–Trinajstić information content (AvgIpc) is 2.94. The van der Waals surface area contributed by atoms with E-state index in [1.165, 1.54) is 29.6 Å². The van der Waals surface area contributed by atoms with Gasteiger partial charge in [-0.15, -0.1) is 0 Å². The molecule has 2 aromatic rings. The number of hydrogen-bond acceptors (Lipinski definition) is 5. The molecule has 3 rings (SSSR count). The molecule has 0 radical (unpaired) electrons. The molecule has 7 nitrogen and oxygen atoms in total. The van der Waals surface area contributed by atoms with E-state index in [4.69, 9.17) is 4.74 Å². The molecule has 10 heteroatoms. The first-order chi connectivity index (χ1) is 12.2. The molecule has 26 heavy (non-hydrogen) atoms. The minimum absolute atomic E-state index is 0.000530. The van der Waals surface area contributed by atoms with E-state index in [9.17, 15) is 16.8 Å². The first-order valence-electron chi connectivity index (χ1n) is 7.70. The fraction of sp³-hybridized carbons (Fsp3) is 0.250. The van der Waals surface area contributed by atoms with Crippen LogP contribution >= 0.6 is 15.9 Å². The normalized spacial score (nSPS) is 16.5. The van der Waals surface area contributed by atoms with Crippen LogP contribution in [-0.2, 0) is 20.0 Å². The highest BCUT2D eigenvalue weighted by Gasteiger charge is 2.28. The number of nitrogens with zero attached hydrogens (tertiary/aromatic N) is 1. The van der Waals surface area contributed by atoms with E-state index in [0.717, 1.165) is 0 Å². The lowest BCUT2D eigenvalue weighted by atomic mass is 10.3. The molecule has 0 amide bonds. The van der Waals surface area contributed by atoms with Crippen LogP contribution in [0.1, 0.15) is 6.42 Å². The second-order valence-corrected chi connectivity index (χ2v) is 10.3. The molecule has 1 heterocycles. The summed E-state index contributed by atoms with van der Waals surface area (Å²) in [5, 5.41) is 0. The second kappa shape index (κ2) is 7.09. The summed E-state index contributed by atoms with van der Waals surface area (Å²) < 4.78 is 58.8. The molecule has 0 atom stereocenters. The van der Waals surface area contributed by atoms with E-state index in [2.05, 4.69) is 20.7 Å². The van der Waals surface area contributed by atoms with Crippen molar-refractivity contribution >= 4 is 47.4 Å². The smallest absolute Gasteiger partial charge is 0.265 e. The Bertz CT molecular complexity index is 1020. The molecule has 1 saturated heterocycles. The third-order valence-electron chi connectivity index (χ3n) is 3.92. The van der Waals surface area contributed by atoms with Gasteiger partial charge in [-0.25, -0.2) is 16.8 Å². The molecular formula is C16H17BrN2O5S2. The van der Waals surface area contributed by atoms with Crippen molar-refractivity contribution in [2.75, 3.05) is 28.4 Å². The summed E-state index contributed by atoms with van der Waals surface area (Å²) >= 11 is 3.25. The van der Waals surface area contributed by atoms with Crippen molar-refractivity contribution in [1.82, 2.24) is 0 Å². The van der Waals surface area contributed by atoms with Gasteiger partial charge in [0.25, 0.3) is 10.0 Å². The molecule has 1 aliphatic heterocycles. The zero-order chi connectivity index (χ0) is 18.9. The van der Waals surface area contributed by atoms with E-state index in [0.29, 0.717) is 28.8 Å². The summed E-state index contributed by atoms with van der Waals surface area (Å²) in [6, 6.07) is 10.9. The van der Waals surface area contributed by atoms with Gasteiger partial charge in [0.1, 0.15) is 10.6 Å². The number of halogens is 1. The van der Waals surface area contributed by atoms with Crippen molar-refractivity contribution in [2.24, 2.45) is 0 Å². The summed E-state index contributed by atoms with van der Waals surface area (Å²) in [5.41, 5.74) is 0.845. The molecule has 140 valence electrons. The van der Waals surface area contributed by atoms with E-state index >= 15 is 0 Å². The van der Waals surface area contributed by atoms with Gasteiger partial charge in [-0.05, 0) is 48.9 Å². The van der Waals surface area contributed by atoms with Gasteiger partial charge >= 0.3 is 0 Å². The maximum absolute atomic E-state index is 12.7. The van der Waals surface area contributed by atoms with Crippen LogP contribution in [0.15, 0.2) is 51.8 Å². The Hall–Kier alpha value is -1.78. The predicted octanol–water partition coefficient (Wildman–Crippen LogP) is 2.80. The standard InChI is InChI=1S/C16H17BrN2O5S2/c1-24-15-8-3-12(17)11-16(15)26(22,23)18-13-4-6-14(7-5-13)19-9-2-10-25(19,20)21/h3-8,11,18H,2,9-10H2,1H3. The highest BCUT2D eigenvalue weighted by Crippen LogP contribution is 2.30. The van der Waals surface area contributed by atoms with Gasteiger partial charge in [0.05, 0.1) is 18.6 Å². The van der Waals surface area contributed by atoms with Gasteiger partial charge in [0.15, 0.2) is 0 Å². The van der Waals surface area contributed by atoms with Gasteiger partial charge in [-0.1, -0.05) is 15.9 Å². The lowest BCUT2D eigenvalue weighted by Gasteiger charge is -2.17. The Kier molecular flexibility index (Phi) is 5.18. The Labute approximate surface area is 161 Å². The predicted molar refractivity (Wildman–Crippen MR) is 104 cm³/mol. The monoisotopic (exact) mass is 460 g/mol. The summed E-state index contributed by atoms with van der Waals surface area (Å²) in [7, 11) is -5.75. The SMILES string of the molecule is COc1ccc(Br)cc1S(=O)(=O)Nc1ccc(N2CCCS2(=O)=O)cc1. The fourth-order valence-electron chi connectivity index (χ4n) is 2.70. The van der Waals surface area contributed by atoms with Crippen LogP contribution in [0.25, 0.3) is 0 Å². The minimum Gasteiger partial charge on any atom is -0.495 e. The molecule has 0 aromatic heterocycles. The van der Waals surface area contributed by atoms with Crippen LogP contribution in [0.4, 0.5) is 11.4 Å². The van der Waals surface area contributed by atoms with Crippen molar-refractivity contribution in [3.8, 4) is 5.75 Å². The number of nitrogens with one attached hydrogen (secondary N) is 1. The van der Waals surface area contributed by atoms with Crippen LogP contribution < -0.4 is 13.8 Å². The third kappa shape index (κ3) is 3.81. The van der Waals surface area contributed by atoms with Crippen LogP contribution in [0.2, 0.25) is 0 Å². The van der Waals surface area contributed by atoms with Crippen LogP contribution in [0.3, 0.4) is 0 Å². The highest BCUT2D eigenvalue weighted by atomic mass is 79.9. The lowest BCUT2D eigenvalue weighted by molar-refractivity contribution is 0.403. The second-order valence-electron chi connectivity index (χ2n) is 5.69. The van der Waals surface area contributed by atoms with Crippen molar-refractivity contribution in [1.29, 1.82) is 0 Å². The lowest BCUT2D eigenvalue weighted by Crippen LogP contribution is -2.25. The largest absolute Gasteiger partial charge is 0.495 e. The van der Waals surface area contributed by atoms with E-state index in [1.54, 1.807) is 24.3 Å². The number of ether oxygens (including phenoxy) is 1. The van der Waals surface area contributed by atoms with E-state index in [1.807, 2.05) is 0 Å². The van der Waals surface area contributed by atoms with Crippen molar-refractivity contribution in [3.05, 3.63) is 46.9 Å². The maximum Gasteiger partial charge on any atom is 0.265 e. The zero-order valence-electron chi connectivity index (χ0n) is 13.8. The number of sulfonamides is 2. The zero-order valence-corrected chi connectivity index (χ0v) is 17.1. The Balaban J connectivity index is 1.86. The number of hydrogen-bond donors (Lipinski definition) is 1. The molecule has 0 aliphatic carbocycles. The molecule has 0 spiro atoms. The quantitative estimate of drug-likeness (QED) is 0.740. The summed E-state index contributed by atoms with van der Waals surface area (Å²) in [4.78, 5) is 0.000530. The first kappa shape index (κ1) is 19.0. The van der Waals surface area contributed by atoms with E-state index < -0.39 is 20.0 Å². The summed E-state index contributed by atoms with van der Waals surface area (Å²) in [6.07, 6.45) is 0.583. The van der Waals surface area contributed by atoms with Crippen molar-refractivity contribution in [3.63, 3.8) is 0 Å². The number of anilines is 2. The fourth-order valence-corrected chi connectivity index (χ4v) is 6.03. The molecule has 1 aliphatic rings. The Morgan fingerprint density at radius 1 is 1.15 bits per heavy atom. The molecule has 1 fully saturated rings. The summed E-state index contributed by atoms with van der Waals surface area (Å²) in [5.74, 6) is 0.352. The van der Waals surface area contributed by atoms with Gasteiger partial charge in [0.2, 0.25) is 10.0 Å². The number of benzene rings is 2. The number of methoxy groups -OCH3 is 1. The Morgan fingerprint density at radius 3 is 2.42 bits per heavy atom. The van der Waals surface area contributed by atoms with E-state index in [-0.39, 0.29) is 16.4 Å². The first-order valence-corrected chi connectivity index (χ1v) is 11.6. The average molecular weight is 461 g/mol. The molecule has 0 bridgehead atoms. The van der Waals surface area contributed by atoms with Crippen LogP contribution in [-0.4, -0.2) is 36.2 Å². The van der Waals surface area contributed by atoms with Gasteiger partial charge < -0.3 is 4.74 Å². The topological polar surface area (TPSA) is 92.8 Å². The van der Waals surface area contributed by atoms with Crippen LogP contribution in [0.5, 0.6) is 5.75 Å². The van der Waals surface area contributed by atoms with Gasteiger partial charge in [-0.3, -0.25) is 9.03 Å². The molecule has 1 N–H and O–H groups in total. The summed E-state index contributed by atoms with van der Waals surface area (Å²) in [6.45, 7) is 0.433. The maximum atomic E-state index is 12.7. The molecular weight excluding hydrogens is 444 g/mol. The highest BCUT2D eigenvalue weighted by molar-refractivity contribution is 9.10. The van der Waals surface area contributed by atoms with Gasteiger partial charge in [0, 0.05) is 16.7 Å². The molecule has 0 saturated carbocycles. The minimum atomic E-state index is -3.87. The number of rotatable bonds is 5. The third-order valence-corrected chi connectivity index (χ3v) is 7.69. The molecule has 0 unspecified atom stereocenters. The molecule has 2 aromatic carbocycles. The van der Waals surface area contributed by atoms with Crippen molar-refractivity contribution in [2.45, 2.75) is 11.3 Å². The van der Waals surface area contributed by atoms with Crippen molar-refractivity contribution < 1.29 is 21.6 Å². The Morgan fingerprint density at radius 2 is 1.85 bits per heavy atom.